The maximum atomic E-state index is 11.7. The molecule has 0 aliphatic carbocycles. The van der Waals surface area contributed by atoms with Gasteiger partial charge in [-0.25, -0.2) is 10.2 Å². The van der Waals surface area contributed by atoms with E-state index in [0.717, 1.165) is 0 Å². The fourth-order valence-electron chi connectivity index (χ4n) is 1.73. The predicted octanol–water partition coefficient (Wildman–Crippen LogP) is -5.86. The Morgan fingerprint density at radius 3 is 2.43 bits per heavy atom. The monoisotopic (exact) mass is 340 g/mol. The molecular weight excluding hydrogens is 328 g/mol. The number of primary amides is 1. The first-order valence-corrected chi connectivity index (χ1v) is 6.19. The largest absolute Gasteiger partial charge is 1.00 e. The molecule has 5 N–H and O–H groups in total. The van der Waals surface area contributed by atoms with Gasteiger partial charge in [-0.1, -0.05) is 6.07 Å². The number of carbonyl (C=O) groups excluding carboxylic acids is 4. The third-order valence-corrected chi connectivity index (χ3v) is 2.70. The summed E-state index contributed by atoms with van der Waals surface area (Å²) in [7, 11) is 0. The van der Waals surface area contributed by atoms with Crippen molar-refractivity contribution in [2.45, 2.75) is 12.6 Å². The van der Waals surface area contributed by atoms with Crippen LogP contribution >= 0.6 is 0 Å². The molecule has 0 spiro atoms. The van der Waals surface area contributed by atoms with Crippen molar-refractivity contribution in [1.29, 1.82) is 0 Å². The summed E-state index contributed by atoms with van der Waals surface area (Å²) in [5.41, 5.74) is 6.76. The maximum absolute atomic E-state index is 11.7. The van der Waals surface area contributed by atoms with Crippen LogP contribution < -0.4 is 38.8 Å². The van der Waals surface area contributed by atoms with Gasteiger partial charge in [0.15, 0.2) is 24.1 Å². The minimum absolute atomic E-state index is 0. The first-order chi connectivity index (χ1) is 10.5. The fraction of sp³-hybridized carbons (Fsp3) is 0.167. The van der Waals surface area contributed by atoms with Crippen LogP contribution in [0.15, 0.2) is 35.7 Å². The minimum Gasteiger partial charge on any atom is -1.00 e. The van der Waals surface area contributed by atoms with E-state index in [2.05, 4.69) is 15.8 Å². The van der Waals surface area contributed by atoms with Crippen LogP contribution in [0.25, 0.3) is 0 Å². The molecule has 122 valence electrons. The molecule has 1 atom stereocenters. The first-order valence-electron chi connectivity index (χ1n) is 6.19. The number of urea groups is 1. The van der Waals surface area contributed by atoms with Crippen molar-refractivity contribution in [3.8, 4) is 0 Å². The number of amides is 5. The summed E-state index contributed by atoms with van der Waals surface area (Å²) in [6, 6.07) is 3.18. The zero-order valence-corrected chi connectivity index (χ0v) is 12.4. The number of rotatable bonds is 5. The second kappa shape index (κ2) is 7.84. The standard InChI is InChI=1S/C12H12N6O4.ClH/c13-10(20)8(9-11(21)15-12(22)14-9)17-16-7(19)6-18-4-2-1-3-5-18;/h1-5,9H,6H2,(H4-,13,14,15,16,19,20,21,22);1H. The Labute approximate surface area is 136 Å². The molecule has 1 fully saturated rings. The van der Waals surface area contributed by atoms with Gasteiger partial charge in [0.1, 0.15) is 0 Å². The molecule has 0 bridgehead atoms. The second-order valence-corrected chi connectivity index (χ2v) is 4.34. The molecule has 1 aromatic rings. The predicted molar refractivity (Wildman–Crippen MR) is 71.9 cm³/mol. The minimum atomic E-state index is -1.32. The summed E-state index contributed by atoms with van der Waals surface area (Å²) < 4.78 is 1.58. The van der Waals surface area contributed by atoms with Gasteiger partial charge in [-0.15, -0.1) is 0 Å². The molecule has 1 aromatic heterocycles. The van der Waals surface area contributed by atoms with E-state index in [4.69, 9.17) is 5.73 Å². The van der Waals surface area contributed by atoms with Crippen molar-refractivity contribution >= 4 is 29.5 Å². The van der Waals surface area contributed by atoms with Gasteiger partial charge in [0.05, 0.1) is 0 Å². The summed E-state index contributed by atoms with van der Waals surface area (Å²) in [5, 5.41) is 7.65. The van der Waals surface area contributed by atoms with Crippen LogP contribution in [0.4, 0.5) is 4.79 Å². The molecule has 23 heavy (non-hydrogen) atoms. The average molecular weight is 341 g/mol. The Morgan fingerprint density at radius 2 is 1.91 bits per heavy atom. The molecule has 0 saturated carbocycles. The Bertz CT molecular complexity index is 663. The second-order valence-electron chi connectivity index (χ2n) is 4.34. The lowest BCUT2D eigenvalue weighted by Crippen LogP contribution is -3.00. The summed E-state index contributed by atoms with van der Waals surface area (Å²) in [6.45, 7) is -0.0421. The van der Waals surface area contributed by atoms with Crippen molar-refractivity contribution in [3.05, 3.63) is 30.6 Å². The molecule has 2 rings (SSSR count). The highest BCUT2D eigenvalue weighted by atomic mass is 35.5. The van der Waals surface area contributed by atoms with E-state index >= 15 is 0 Å². The van der Waals surface area contributed by atoms with E-state index in [0.29, 0.717) is 0 Å². The molecule has 1 aliphatic heterocycles. The van der Waals surface area contributed by atoms with E-state index in [1.807, 2.05) is 5.32 Å². The van der Waals surface area contributed by atoms with Crippen molar-refractivity contribution < 1.29 is 36.2 Å². The highest BCUT2D eigenvalue weighted by Gasteiger charge is 2.36. The topological polar surface area (TPSA) is 147 Å². The van der Waals surface area contributed by atoms with Crippen LogP contribution in [0.5, 0.6) is 0 Å². The van der Waals surface area contributed by atoms with Crippen molar-refractivity contribution in [3.63, 3.8) is 0 Å². The van der Waals surface area contributed by atoms with Crippen LogP contribution in [0, 0.1) is 0 Å². The Hall–Kier alpha value is -3.01. The van der Waals surface area contributed by atoms with Crippen LogP contribution in [0.3, 0.4) is 0 Å². The first kappa shape index (κ1) is 18.0. The van der Waals surface area contributed by atoms with E-state index < -0.39 is 35.5 Å². The molecule has 1 unspecified atom stereocenters. The van der Waals surface area contributed by atoms with Gasteiger partial charge in [-0.2, -0.15) is 9.67 Å². The third kappa shape index (κ3) is 4.74. The van der Waals surface area contributed by atoms with Crippen molar-refractivity contribution in [2.75, 3.05) is 0 Å². The number of hydrogen-bond donors (Lipinski definition) is 4. The van der Waals surface area contributed by atoms with E-state index in [9.17, 15) is 19.2 Å². The van der Waals surface area contributed by atoms with Gasteiger partial charge in [0.25, 0.3) is 11.8 Å². The van der Waals surface area contributed by atoms with Crippen molar-refractivity contribution in [2.24, 2.45) is 10.8 Å². The number of nitrogens with one attached hydrogen (secondary N) is 3. The van der Waals surface area contributed by atoms with Crippen LogP contribution in [0.1, 0.15) is 0 Å². The molecule has 1 saturated heterocycles. The molecule has 11 heteroatoms. The Morgan fingerprint density at radius 1 is 1.26 bits per heavy atom. The van der Waals surface area contributed by atoms with E-state index in [-0.39, 0.29) is 19.0 Å². The highest BCUT2D eigenvalue weighted by molar-refractivity contribution is 6.45. The Kier molecular flexibility index (Phi) is 6.15. The van der Waals surface area contributed by atoms with Gasteiger partial charge in [0.2, 0.25) is 6.54 Å². The SMILES string of the molecule is NC(=O)/C(=N\NC(=O)C[n+]1ccccc1)C1NC(=O)NC1=O.[Cl-]. The summed E-state index contributed by atoms with van der Waals surface area (Å²) >= 11 is 0. The van der Waals surface area contributed by atoms with Gasteiger partial charge in [-0.3, -0.25) is 19.7 Å². The smallest absolute Gasteiger partial charge is 0.322 e. The van der Waals surface area contributed by atoms with Gasteiger partial charge < -0.3 is 23.5 Å². The fourth-order valence-corrected chi connectivity index (χ4v) is 1.73. The van der Waals surface area contributed by atoms with E-state index in [1.165, 1.54) is 0 Å². The highest BCUT2D eigenvalue weighted by Crippen LogP contribution is 1.96. The number of hydrogen-bond acceptors (Lipinski definition) is 5. The molecule has 1 aliphatic rings. The molecule has 0 aromatic carbocycles. The number of nitrogens with two attached hydrogens (primary N) is 1. The number of halogens is 1. The summed E-state index contributed by atoms with van der Waals surface area (Å²) in [5.74, 6) is -2.33. The van der Waals surface area contributed by atoms with Crippen LogP contribution in [0.2, 0.25) is 0 Å². The molecule has 2 heterocycles. The number of carbonyl (C=O) groups is 4. The van der Waals surface area contributed by atoms with Crippen molar-refractivity contribution in [1.82, 2.24) is 16.1 Å². The lowest BCUT2D eigenvalue weighted by molar-refractivity contribution is -0.684. The molecule has 5 amide bonds. The lowest BCUT2D eigenvalue weighted by atomic mass is 10.1. The quantitative estimate of drug-likeness (QED) is 0.183. The summed E-state index contributed by atoms with van der Waals surface area (Å²) in [6.07, 6.45) is 3.34. The zero-order valence-electron chi connectivity index (χ0n) is 11.7. The molecular formula is C12H13ClN6O4. The average Bonchev–Trinajstić information content (AvgIpc) is 2.78. The summed E-state index contributed by atoms with van der Waals surface area (Å²) in [4.78, 5) is 45.5. The van der Waals surface area contributed by atoms with Gasteiger partial charge in [-0.05, 0) is 0 Å². The normalized spacial score (nSPS) is 16.9. The Balaban J connectivity index is 0.00000264. The van der Waals surface area contributed by atoms with Crippen LogP contribution in [-0.4, -0.2) is 35.5 Å². The lowest BCUT2D eigenvalue weighted by Gasteiger charge is -2.07. The van der Waals surface area contributed by atoms with E-state index in [1.54, 1.807) is 35.2 Å². The number of pyridine rings is 1. The zero-order chi connectivity index (χ0) is 16.1. The number of nitrogens with zero attached hydrogens (tertiary/aromatic N) is 2. The molecule has 0 radical (unpaired) electrons. The number of aromatic nitrogens is 1. The van der Waals surface area contributed by atoms with Gasteiger partial charge >= 0.3 is 11.9 Å². The molecule has 10 nitrogen and oxygen atoms in total. The maximum Gasteiger partial charge on any atom is 0.322 e. The van der Waals surface area contributed by atoms with Crippen LogP contribution in [-0.2, 0) is 20.9 Å². The number of hydrazone groups is 1. The van der Waals surface area contributed by atoms with Gasteiger partial charge in [0, 0.05) is 12.1 Å². The number of imide groups is 1. The third-order valence-electron chi connectivity index (χ3n) is 2.70.